The van der Waals surface area contributed by atoms with Crippen molar-refractivity contribution in [3.63, 3.8) is 0 Å². The summed E-state index contributed by atoms with van der Waals surface area (Å²) in [5, 5.41) is 9.61. The fourth-order valence-corrected chi connectivity index (χ4v) is 1.17. The number of pyridine rings is 1. The van der Waals surface area contributed by atoms with Crippen molar-refractivity contribution in [1.29, 1.82) is 0 Å². The Kier molecular flexibility index (Phi) is 2.91. The third-order valence-corrected chi connectivity index (χ3v) is 2.07. The predicted octanol–water partition coefficient (Wildman–Crippen LogP) is -0.177. The number of nitrogens with zero attached hydrogens (tertiary/aromatic N) is 4. The topological polar surface area (TPSA) is 89.8 Å². The quantitative estimate of drug-likeness (QED) is 0.774. The van der Waals surface area contributed by atoms with Crippen LogP contribution in [0.15, 0.2) is 35.5 Å². The van der Waals surface area contributed by atoms with Crippen molar-refractivity contribution < 1.29 is 4.79 Å². The number of aryl methyl sites for hydroxylation is 1. The van der Waals surface area contributed by atoms with E-state index in [1.54, 1.807) is 7.05 Å². The maximum Gasteiger partial charge on any atom is 0.258 e. The van der Waals surface area contributed by atoms with Crippen molar-refractivity contribution in [2.24, 2.45) is 7.05 Å². The van der Waals surface area contributed by atoms with Gasteiger partial charge in [0.25, 0.3) is 11.5 Å². The second-order valence-electron chi connectivity index (χ2n) is 3.29. The Morgan fingerprint density at radius 1 is 1.41 bits per heavy atom. The maximum atomic E-state index is 11.7. The molecule has 1 N–H and O–H groups in total. The number of carbonyl (C=O) groups excluding carboxylic acids is 1. The third kappa shape index (κ3) is 2.51. The molecule has 0 saturated carbocycles. The Hall–Kier alpha value is -2.57. The zero-order valence-corrected chi connectivity index (χ0v) is 8.99. The van der Waals surface area contributed by atoms with Crippen LogP contribution >= 0.6 is 0 Å². The van der Waals surface area contributed by atoms with Gasteiger partial charge in [-0.25, -0.2) is 4.98 Å². The largest absolute Gasteiger partial charge is 0.319 e. The first-order valence-corrected chi connectivity index (χ1v) is 4.78. The van der Waals surface area contributed by atoms with Gasteiger partial charge in [0.2, 0.25) is 5.95 Å². The highest BCUT2D eigenvalue weighted by Gasteiger charge is 2.08. The SMILES string of the molecule is Cn1ccc(C(=O)Nc2nccnn2)cc1=O. The summed E-state index contributed by atoms with van der Waals surface area (Å²) in [6, 6.07) is 2.78. The van der Waals surface area contributed by atoms with Crippen molar-refractivity contribution in [1.82, 2.24) is 19.7 Å². The molecular weight excluding hydrogens is 222 g/mol. The van der Waals surface area contributed by atoms with Crippen molar-refractivity contribution in [2.75, 3.05) is 5.32 Å². The molecule has 7 nitrogen and oxygen atoms in total. The molecule has 7 heteroatoms. The van der Waals surface area contributed by atoms with Crippen LogP contribution in [0.5, 0.6) is 0 Å². The zero-order chi connectivity index (χ0) is 12.3. The monoisotopic (exact) mass is 231 g/mol. The molecule has 17 heavy (non-hydrogen) atoms. The van der Waals surface area contributed by atoms with E-state index in [9.17, 15) is 9.59 Å². The van der Waals surface area contributed by atoms with E-state index in [0.717, 1.165) is 0 Å². The van der Waals surface area contributed by atoms with Crippen molar-refractivity contribution in [3.05, 3.63) is 46.6 Å². The minimum absolute atomic E-state index is 0.0955. The third-order valence-electron chi connectivity index (χ3n) is 2.07. The predicted molar refractivity (Wildman–Crippen MR) is 59.5 cm³/mol. The van der Waals surface area contributed by atoms with E-state index < -0.39 is 5.91 Å². The van der Waals surface area contributed by atoms with Gasteiger partial charge in [-0.1, -0.05) is 0 Å². The van der Waals surface area contributed by atoms with Crippen molar-refractivity contribution in [2.45, 2.75) is 0 Å². The molecule has 2 aromatic rings. The second kappa shape index (κ2) is 4.52. The van der Waals surface area contributed by atoms with Crippen LogP contribution in [0.25, 0.3) is 0 Å². The summed E-state index contributed by atoms with van der Waals surface area (Å²) in [6.07, 6.45) is 4.32. The Labute approximate surface area is 96.1 Å². The van der Waals surface area contributed by atoms with Crippen molar-refractivity contribution in [3.8, 4) is 0 Å². The van der Waals surface area contributed by atoms with Crippen LogP contribution in [0.4, 0.5) is 5.95 Å². The van der Waals surface area contributed by atoms with Gasteiger partial charge in [-0.2, -0.15) is 5.10 Å². The molecule has 0 aromatic carbocycles. The standard InChI is InChI=1S/C10H9N5O2/c1-15-5-2-7(6-8(15)16)9(17)13-10-11-3-4-12-14-10/h2-6H,1H3,(H,11,13,14,17). The maximum absolute atomic E-state index is 11.7. The molecule has 0 aliphatic rings. The van der Waals surface area contributed by atoms with Crippen LogP contribution < -0.4 is 10.9 Å². The number of hydrogen-bond donors (Lipinski definition) is 1. The van der Waals surface area contributed by atoms with Gasteiger partial charge >= 0.3 is 0 Å². The lowest BCUT2D eigenvalue weighted by Crippen LogP contribution is -2.20. The molecule has 2 rings (SSSR count). The molecule has 0 aliphatic heterocycles. The highest BCUT2D eigenvalue weighted by atomic mass is 16.2. The Morgan fingerprint density at radius 2 is 2.24 bits per heavy atom. The number of rotatable bonds is 2. The van der Waals surface area contributed by atoms with Crippen LogP contribution in [0.3, 0.4) is 0 Å². The highest BCUT2D eigenvalue weighted by molar-refractivity contribution is 6.03. The molecule has 0 radical (unpaired) electrons. The molecule has 0 saturated heterocycles. The highest BCUT2D eigenvalue weighted by Crippen LogP contribution is 1.99. The Bertz CT molecular complexity index is 593. The lowest BCUT2D eigenvalue weighted by atomic mass is 10.2. The van der Waals surface area contributed by atoms with Gasteiger partial charge in [-0.15, -0.1) is 5.10 Å². The molecule has 86 valence electrons. The van der Waals surface area contributed by atoms with Gasteiger partial charge in [-0.3, -0.25) is 14.9 Å². The number of aromatic nitrogens is 4. The summed E-state index contributed by atoms with van der Waals surface area (Å²) in [6.45, 7) is 0. The van der Waals surface area contributed by atoms with Crippen LogP contribution in [0, 0.1) is 0 Å². The number of amides is 1. The molecular formula is C10H9N5O2. The van der Waals surface area contributed by atoms with Gasteiger partial charge in [-0.05, 0) is 6.07 Å². The minimum atomic E-state index is -0.448. The minimum Gasteiger partial charge on any atom is -0.319 e. The summed E-state index contributed by atoms with van der Waals surface area (Å²) in [5.74, 6) is -0.353. The number of nitrogens with one attached hydrogen (secondary N) is 1. The summed E-state index contributed by atoms with van der Waals surface area (Å²) in [5.41, 5.74) is -0.00897. The van der Waals surface area contributed by atoms with Gasteiger partial charge in [0.1, 0.15) is 0 Å². The molecule has 0 atom stereocenters. The first-order chi connectivity index (χ1) is 8.16. The van der Waals surface area contributed by atoms with Crippen molar-refractivity contribution >= 4 is 11.9 Å². The second-order valence-corrected chi connectivity index (χ2v) is 3.29. The smallest absolute Gasteiger partial charge is 0.258 e. The van der Waals surface area contributed by atoms with E-state index in [2.05, 4.69) is 20.5 Å². The number of anilines is 1. The Morgan fingerprint density at radius 3 is 2.88 bits per heavy atom. The summed E-state index contributed by atoms with van der Waals surface area (Å²) in [4.78, 5) is 26.8. The first kappa shape index (κ1) is 10.9. The lowest BCUT2D eigenvalue weighted by Gasteiger charge is -2.02. The van der Waals surface area contributed by atoms with Gasteiger partial charge in [0.15, 0.2) is 0 Å². The number of hydrogen-bond acceptors (Lipinski definition) is 5. The van der Waals surface area contributed by atoms with E-state index >= 15 is 0 Å². The normalized spacial score (nSPS) is 9.94. The fraction of sp³-hybridized carbons (Fsp3) is 0.100. The van der Waals surface area contributed by atoms with E-state index in [0.29, 0.717) is 0 Å². The van der Waals surface area contributed by atoms with Crippen LogP contribution in [0.2, 0.25) is 0 Å². The molecule has 2 heterocycles. The molecule has 1 amide bonds. The van der Waals surface area contributed by atoms with Gasteiger partial charge in [0.05, 0.1) is 12.4 Å². The molecule has 2 aromatic heterocycles. The van der Waals surface area contributed by atoms with Crippen LogP contribution in [-0.4, -0.2) is 25.7 Å². The van der Waals surface area contributed by atoms with Gasteiger partial charge in [0, 0.05) is 24.9 Å². The molecule has 0 aliphatic carbocycles. The van der Waals surface area contributed by atoms with Crippen LogP contribution in [-0.2, 0) is 7.05 Å². The van der Waals surface area contributed by atoms with E-state index in [1.165, 1.54) is 35.3 Å². The Balaban J connectivity index is 2.21. The molecule has 0 unspecified atom stereocenters. The molecule has 0 bridgehead atoms. The van der Waals surface area contributed by atoms with E-state index in [1.807, 2.05) is 0 Å². The van der Waals surface area contributed by atoms with E-state index in [4.69, 9.17) is 0 Å². The first-order valence-electron chi connectivity index (χ1n) is 4.78. The lowest BCUT2D eigenvalue weighted by molar-refractivity contribution is 0.102. The van der Waals surface area contributed by atoms with E-state index in [-0.39, 0.29) is 17.1 Å². The van der Waals surface area contributed by atoms with Gasteiger partial charge < -0.3 is 4.57 Å². The number of carbonyl (C=O) groups is 1. The zero-order valence-electron chi connectivity index (χ0n) is 8.99. The average Bonchev–Trinajstić information content (AvgIpc) is 2.34. The molecule has 0 fully saturated rings. The van der Waals surface area contributed by atoms with Crippen LogP contribution in [0.1, 0.15) is 10.4 Å². The summed E-state index contributed by atoms with van der Waals surface area (Å²) in [7, 11) is 1.61. The summed E-state index contributed by atoms with van der Waals surface area (Å²) < 4.78 is 1.37. The molecule has 0 spiro atoms. The fourth-order valence-electron chi connectivity index (χ4n) is 1.17. The summed E-state index contributed by atoms with van der Waals surface area (Å²) >= 11 is 0. The average molecular weight is 231 g/mol.